The molecule has 1 aliphatic heterocycles. The number of nitrogens with one attached hydrogen (secondary N) is 1. The molecule has 0 saturated carbocycles. The molecule has 0 radical (unpaired) electrons. The number of thioether (sulfide) groups is 1. The van der Waals surface area contributed by atoms with Crippen LogP contribution in [0.3, 0.4) is 0 Å². The topological polar surface area (TPSA) is 55.4 Å². The van der Waals surface area contributed by atoms with Crippen LogP contribution in [0.4, 0.5) is 0 Å². The van der Waals surface area contributed by atoms with Gasteiger partial charge >= 0.3 is 5.97 Å². The maximum atomic E-state index is 11.3. The van der Waals surface area contributed by atoms with Gasteiger partial charge in [-0.15, -0.1) is 0 Å². The number of carbonyl (C=O) groups excluding carboxylic acids is 2. The molecular formula is C9H13NO3S. The second-order valence-electron chi connectivity index (χ2n) is 3.88. The van der Waals surface area contributed by atoms with Crippen molar-refractivity contribution in [2.45, 2.75) is 26.4 Å². The third kappa shape index (κ3) is 3.83. The van der Waals surface area contributed by atoms with Crippen molar-refractivity contribution >= 4 is 23.6 Å². The Labute approximate surface area is 87.1 Å². The summed E-state index contributed by atoms with van der Waals surface area (Å²) < 4.78 is 5.05. The lowest BCUT2D eigenvalue weighted by atomic mass is 10.2. The van der Waals surface area contributed by atoms with Crippen LogP contribution < -0.4 is 5.32 Å². The van der Waals surface area contributed by atoms with Crippen LogP contribution in [0.2, 0.25) is 0 Å². The van der Waals surface area contributed by atoms with Crippen LogP contribution in [0.5, 0.6) is 0 Å². The SMILES string of the molecule is CC(C)(C)OC(=O)/C=C1/NC(=O)CS1. The second-order valence-corrected chi connectivity index (χ2v) is 4.90. The van der Waals surface area contributed by atoms with Gasteiger partial charge in [-0.05, 0) is 20.8 Å². The Balaban J connectivity index is 2.52. The fourth-order valence-electron chi connectivity index (χ4n) is 0.869. The Kier molecular flexibility index (Phi) is 3.21. The lowest BCUT2D eigenvalue weighted by Gasteiger charge is -2.18. The van der Waals surface area contributed by atoms with E-state index in [1.54, 1.807) is 20.8 Å². The number of rotatable bonds is 1. The Morgan fingerprint density at radius 2 is 2.21 bits per heavy atom. The molecule has 1 heterocycles. The maximum Gasteiger partial charge on any atom is 0.333 e. The fourth-order valence-corrected chi connectivity index (χ4v) is 1.59. The molecule has 1 rings (SSSR count). The number of carbonyl (C=O) groups is 2. The molecule has 0 aromatic carbocycles. The summed E-state index contributed by atoms with van der Waals surface area (Å²) in [4.78, 5) is 22.1. The normalized spacial score (nSPS) is 19.6. The molecule has 0 aliphatic carbocycles. The quantitative estimate of drug-likeness (QED) is 0.524. The Morgan fingerprint density at radius 1 is 1.57 bits per heavy atom. The van der Waals surface area contributed by atoms with Gasteiger partial charge in [0.1, 0.15) is 5.60 Å². The lowest BCUT2D eigenvalue weighted by molar-refractivity contribution is -0.148. The average Bonchev–Trinajstić information content (AvgIpc) is 2.30. The van der Waals surface area contributed by atoms with E-state index in [0.29, 0.717) is 10.8 Å². The monoisotopic (exact) mass is 215 g/mol. The standard InChI is InChI=1S/C9H13NO3S/c1-9(2,3)13-8(12)4-7-10-6(11)5-14-7/h4H,5H2,1-3H3,(H,10,11)/b7-4-. The number of hydrogen-bond donors (Lipinski definition) is 1. The van der Waals surface area contributed by atoms with Gasteiger partial charge in [0.25, 0.3) is 0 Å². The predicted molar refractivity (Wildman–Crippen MR) is 54.5 cm³/mol. The highest BCUT2D eigenvalue weighted by atomic mass is 32.2. The Morgan fingerprint density at radius 3 is 2.64 bits per heavy atom. The molecule has 0 bridgehead atoms. The van der Waals surface area contributed by atoms with Gasteiger partial charge in [-0.2, -0.15) is 0 Å². The molecule has 0 spiro atoms. The van der Waals surface area contributed by atoms with Crippen molar-refractivity contribution in [2.24, 2.45) is 0 Å². The molecular weight excluding hydrogens is 202 g/mol. The minimum Gasteiger partial charge on any atom is -0.457 e. The average molecular weight is 215 g/mol. The fraction of sp³-hybridized carbons (Fsp3) is 0.556. The van der Waals surface area contributed by atoms with Gasteiger partial charge in [-0.3, -0.25) is 4.79 Å². The molecule has 0 aromatic rings. The zero-order valence-electron chi connectivity index (χ0n) is 8.42. The zero-order chi connectivity index (χ0) is 10.8. The summed E-state index contributed by atoms with van der Waals surface area (Å²) in [5.74, 6) is -0.138. The minimum atomic E-state index is -0.499. The van der Waals surface area contributed by atoms with Crippen molar-refractivity contribution in [3.8, 4) is 0 Å². The molecule has 1 aliphatic rings. The van der Waals surface area contributed by atoms with Crippen LogP contribution >= 0.6 is 11.8 Å². The van der Waals surface area contributed by atoms with Gasteiger partial charge in [0.2, 0.25) is 5.91 Å². The lowest BCUT2D eigenvalue weighted by Crippen LogP contribution is -2.23. The first kappa shape index (κ1) is 11.1. The van der Waals surface area contributed by atoms with Crippen molar-refractivity contribution in [3.63, 3.8) is 0 Å². The number of ether oxygens (including phenoxy) is 1. The molecule has 0 unspecified atom stereocenters. The van der Waals surface area contributed by atoms with Gasteiger partial charge in [0, 0.05) is 0 Å². The third-order valence-corrected chi connectivity index (χ3v) is 2.21. The summed E-state index contributed by atoms with van der Waals surface area (Å²) in [6.07, 6.45) is 1.31. The maximum absolute atomic E-state index is 11.3. The third-order valence-electron chi connectivity index (χ3n) is 1.28. The van der Waals surface area contributed by atoms with Gasteiger partial charge in [-0.1, -0.05) is 11.8 Å². The van der Waals surface area contributed by atoms with Crippen LogP contribution in [-0.4, -0.2) is 23.2 Å². The number of hydrogen-bond acceptors (Lipinski definition) is 4. The van der Waals surface area contributed by atoms with E-state index in [1.165, 1.54) is 17.8 Å². The molecule has 4 nitrogen and oxygen atoms in total. The highest BCUT2D eigenvalue weighted by molar-refractivity contribution is 8.04. The summed E-state index contributed by atoms with van der Waals surface area (Å²) >= 11 is 1.30. The van der Waals surface area contributed by atoms with E-state index in [1.807, 2.05) is 0 Å². The second kappa shape index (κ2) is 4.04. The van der Waals surface area contributed by atoms with E-state index in [2.05, 4.69) is 5.32 Å². The van der Waals surface area contributed by atoms with E-state index >= 15 is 0 Å². The van der Waals surface area contributed by atoms with Gasteiger partial charge in [0.15, 0.2) is 0 Å². The Bertz CT molecular complexity index is 291. The highest BCUT2D eigenvalue weighted by Gasteiger charge is 2.19. The van der Waals surface area contributed by atoms with Crippen molar-refractivity contribution < 1.29 is 14.3 Å². The molecule has 14 heavy (non-hydrogen) atoms. The Hall–Kier alpha value is -0.970. The number of esters is 1. The summed E-state index contributed by atoms with van der Waals surface area (Å²) in [6, 6.07) is 0. The predicted octanol–water partition coefficient (Wildman–Crippen LogP) is 1.03. The molecule has 5 heteroatoms. The van der Waals surface area contributed by atoms with Crippen molar-refractivity contribution in [1.82, 2.24) is 5.32 Å². The van der Waals surface area contributed by atoms with Crippen molar-refractivity contribution in [1.29, 1.82) is 0 Å². The highest BCUT2D eigenvalue weighted by Crippen LogP contribution is 2.19. The van der Waals surface area contributed by atoms with E-state index in [-0.39, 0.29) is 5.91 Å². The number of amides is 1. The summed E-state index contributed by atoms with van der Waals surface area (Å²) in [5, 5.41) is 3.11. The summed E-state index contributed by atoms with van der Waals surface area (Å²) in [6.45, 7) is 5.39. The molecule has 78 valence electrons. The minimum absolute atomic E-state index is 0.0789. The van der Waals surface area contributed by atoms with Crippen LogP contribution in [0, 0.1) is 0 Å². The zero-order valence-corrected chi connectivity index (χ0v) is 9.23. The molecule has 1 amide bonds. The van der Waals surface area contributed by atoms with Crippen LogP contribution in [-0.2, 0) is 14.3 Å². The van der Waals surface area contributed by atoms with Gasteiger partial charge in [-0.25, -0.2) is 4.79 Å². The molecule has 1 N–H and O–H groups in total. The smallest absolute Gasteiger partial charge is 0.333 e. The first-order chi connectivity index (χ1) is 6.37. The molecule has 0 atom stereocenters. The first-order valence-electron chi connectivity index (χ1n) is 4.24. The van der Waals surface area contributed by atoms with Crippen LogP contribution in [0.15, 0.2) is 11.1 Å². The largest absolute Gasteiger partial charge is 0.457 e. The van der Waals surface area contributed by atoms with Crippen LogP contribution in [0.25, 0.3) is 0 Å². The van der Waals surface area contributed by atoms with Crippen molar-refractivity contribution in [3.05, 3.63) is 11.1 Å². The molecule has 0 aromatic heterocycles. The van der Waals surface area contributed by atoms with E-state index in [9.17, 15) is 9.59 Å². The first-order valence-corrected chi connectivity index (χ1v) is 5.23. The van der Waals surface area contributed by atoms with Crippen molar-refractivity contribution in [2.75, 3.05) is 5.75 Å². The van der Waals surface area contributed by atoms with Gasteiger partial charge < -0.3 is 10.1 Å². The van der Waals surface area contributed by atoms with Gasteiger partial charge in [0.05, 0.1) is 16.9 Å². The van der Waals surface area contributed by atoms with E-state index < -0.39 is 11.6 Å². The van der Waals surface area contributed by atoms with Crippen LogP contribution in [0.1, 0.15) is 20.8 Å². The van der Waals surface area contributed by atoms with E-state index in [4.69, 9.17) is 4.74 Å². The van der Waals surface area contributed by atoms with E-state index in [0.717, 1.165) is 0 Å². The summed E-state index contributed by atoms with van der Waals surface area (Å²) in [7, 11) is 0. The summed E-state index contributed by atoms with van der Waals surface area (Å²) in [5.41, 5.74) is -0.499. The molecule has 1 fully saturated rings. The molecule has 1 saturated heterocycles.